The third-order valence-electron chi connectivity index (χ3n) is 2.55. The van der Waals surface area contributed by atoms with Crippen LogP contribution in [0.2, 0.25) is 0 Å². The van der Waals surface area contributed by atoms with Crippen molar-refractivity contribution < 1.29 is 24.1 Å². The van der Waals surface area contributed by atoms with Crippen molar-refractivity contribution in [2.75, 3.05) is 33.0 Å². The third-order valence-corrected chi connectivity index (χ3v) is 2.55. The zero-order valence-corrected chi connectivity index (χ0v) is 12.6. The fourth-order valence-electron chi connectivity index (χ4n) is 1.63. The number of ether oxygens (including phenoxy) is 4. The number of rotatable bonds is 9. The van der Waals surface area contributed by atoms with Crippen molar-refractivity contribution in [3.8, 4) is 0 Å². The first-order valence-corrected chi connectivity index (χ1v) is 7.31. The number of hydrogen-bond donors (Lipinski definition) is 1. The number of unbranched alkanes of at least 4 members (excludes halogenated alkanes) is 1. The first-order valence-electron chi connectivity index (χ1n) is 7.31. The van der Waals surface area contributed by atoms with Crippen LogP contribution >= 0.6 is 0 Å². The van der Waals surface area contributed by atoms with Gasteiger partial charge in [-0.15, -0.1) is 0 Å². The molecular weight excluding hydrogens is 248 g/mol. The molecule has 0 aromatic rings. The molecule has 1 rings (SSSR count). The molecule has 1 unspecified atom stereocenters. The van der Waals surface area contributed by atoms with Gasteiger partial charge in [-0.1, -0.05) is 0 Å². The Kier molecular flexibility index (Phi) is 14.1. The van der Waals surface area contributed by atoms with Gasteiger partial charge in [0.2, 0.25) is 0 Å². The summed E-state index contributed by atoms with van der Waals surface area (Å²) in [5.74, 6) is 0. The van der Waals surface area contributed by atoms with E-state index in [4.69, 9.17) is 24.1 Å². The summed E-state index contributed by atoms with van der Waals surface area (Å²) >= 11 is 0. The van der Waals surface area contributed by atoms with E-state index in [0.29, 0.717) is 6.61 Å². The van der Waals surface area contributed by atoms with E-state index < -0.39 is 0 Å². The van der Waals surface area contributed by atoms with Crippen LogP contribution in [0.25, 0.3) is 0 Å². The maximum absolute atomic E-state index is 8.47. The minimum Gasteiger partial charge on any atom is -0.396 e. The van der Waals surface area contributed by atoms with Crippen LogP contribution in [0, 0.1) is 0 Å². The van der Waals surface area contributed by atoms with Gasteiger partial charge in [0.05, 0.1) is 0 Å². The van der Waals surface area contributed by atoms with Gasteiger partial charge in [-0.2, -0.15) is 0 Å². The molecule has 1 atom stereocenters. The molecule has 1 heterocycles. The van der Waals surface area contributed by atoms with E-state index in [1.54, 1.807) is 0 Å². The van der Waals surface area contributed by atoms with Gasteiger partial charge < -0.3 is 24.1 Å². The molecule has 0 spiro atoms. The van der Waals surface area contributed by atoms with Crippen molar-refractivity contribution in [3.63, 3.8) is 0 Å². The fraction of sp³-hybridized carbons (Fsp3) is 1.00. The summed E-state index contributed by atoms with van der Waals surface area (Å²) in [5.41, 5.74) is 0. The molecule has 0 aliphatic carbocycles. The van der Waals surface area contributed by atoms with Crippen molar-refractivity contribution in [1.82, 2.24) is 0 Å². The van der Waals surface area contributed by atoms with Crippen molar-refractivity contribution in [2.45, 2.75) is 59.0 Å². The highest BCUT2D eigenvalue weighted by atomic mass is 16.7. The Bertz CT molecular complexity index is 165. The highest BCUT2D eigenvalue weighted by Gasteiger charge is 2.14. The van der Waals surface area contributed by atoms with E-state index in [1.807, 2.05) is 20.8 Å². The fourth-order valence-corrected chi connectivity index (χ4v) is 1.63. The van der Waals surface area contributed by atoms with Gasteiger partial charge in [-0.3, -0.25) is 0 Å². The van der Waals surface area contributed by atoms with Crippen molar-refractivity contribution in [2.24, 2.45) is 0 Å². The Balaban J connectivity index is 0.000000362. The summed E-state index contributed by atoms with van der Waals surface area (Å²) in [7, 11) is 0. The lowest BCUT2D eigenvalue weighted by molar-refractivity contribution is -0.123. The lowest BCUT2D eigenvalue weighted by Gasteiger charge is -2.09. The summed E-state index contributed by atoms with van der Waals surface area (Å²) in [5, 5.41) is 8.47. The van der Waals surface area contributed by atoms with Gasteiger partial charge in [0.25, 0.3) is 0 Å². The Morgan fingerprint density at radius 1 is 1.21 bits per heavy atom. The first-order chi connectivity index (χ1) is 9.24. The summed E-state index contributed by atoms with van der Waals surface area (Å²) in [4.78, 5) is 0. The Hall–Kier alpha value is -0.200. The second kappa shape index (κ2) is 14.2. The summed E-state index contributed by atoms with van der Waals surface area (Å²) < 4.78 is 20.7. The summed E-state index contributed by atoms with van der Waals surface area (Å²) in [6.45, 7) is 9.06. The lowest BCUT2D eigenvalue weighted by Crippen LogP contribution is -2.11. The predicted octanol–water partition coefficient (Wildman–Crippen LogP) is 2.32. The van der Waals surface area contributed by atoms with E-state index in [9.17, 15) is 0 Å². The Morgan fingerprint density at radius 3 is 2.37 bits per heavy atom. The second-order valence-corrected chi connectivity index (χ2v) is 4.22. The van der Waals surface area contributed by atoms with Crippen molar-refractivity contribution >= 4 is 0 Å². The lowest BCUT2D eigenvalue weighted by atomic mass is 10.3. The highest BCUT2D eigenvalue weighted by Crippen LogP contribution is 2.13. The summed E-state index contributed by atoms with van der Waals surface area (Å²) in [6.07, 6.45) is 3.89. The van der Waals surface area contributed by atoms with Crippen molar-refractivity contribution in [1.29, 1.82) is 0 Å². The number of aliphatic hydroxyl groups is 1. The largest absolute Gasteiger partial charge is 0.396 e. The van der Waals surface area contributed by atoms with Crippen LogP contribution in [0.4, 0.5) is 0 Å². The molecule has 1 saturated heterocycles. The zero-order chi connectivity index (χ0) is 14.3. The Morgan fingerprint density at radius 2 is 1.89 bits per heavy atom. The molecule has 116 valence electrons. The van der Waals surface area contributed by atoms with E-state index >= 15 is 0 Å². The first kappa shape index (κ1) is 18.8. The van der Waals surface area contributed by atoms with Crippen LogP contribution in [0.15, 0.2) is 0 Å². The topological polar surface area (TPSA) is 57.2 Å². The van der Waals surface area contributed by atoms with Crippen LogP contribution in [-0.2, 0) is 18.9 Å². The molecular formula is C14H30O5. The average Bonchev–Trinajstić information content (AvgIpc) is 2.89. The molecule has 0 bridgehead atoms. The van der Waals surface area contributed by atoms with E-state index in [1.165, 1.54) is 0 Å². The molecule has 0 aromatic heterocycles. The molecule has 0 radical (unpaired) electrons. The second-order valence-electron chi connectivity index (χ2n) is 4.22. The van der Waals surface area contributed by atoms with Gasteiger partial charge in [-0.25, -0.2) is 0 Å². The van der Waals surface area contributed by atoms with Gasteiger partial charge in [0.1, 0.15) is 0 Å². The molecule has 5 nitrogen and oxygen atoms in total. The minimum atomic E-state index is -0.0370. The normalized spacial score (nSPS) is 18.5. The highest BCUT2D eigenvalue weighted by molar-refractivity contribution is 4.54. The quantitative estimate of drug-likeness (QED) is 0.518. The van der Waals surface area contributed by atoms with Gasteiger partial charge >= 0.3 is 0 Å². The van der Waals surface area contributed by atoms with Gasteiger partial charge in [0, 0.05) is 39.5 Å². The smallest absolute Gasteiger partial charge is 0.157 e. The van der Waals surface area contributed by atoms with Crippen LogP contribution in [0.5, 0.6) is 0 Å². The molecule has 1 aliphatic rings. The average molecular weight is 278 g/mol. The minimum absolute atomic E-state index is 0.0358. The van der Waals surface area contributed by atoms with E-state index in [-0.39, 0.29) is 19.2 Å². The summed E-state index contributed by atoms with van der Waals surface area (Å²) in [6, 6.07) is 0. The SMILES string of the molecule is CCOC(C)OCC.OCCCCOC1CCCO1. The Labute approximate surface area is 117 Å². The van der Waals surface area contributed by atoms with Gasteiger partial charge in [-0.05, 0) is 40.0 Å². The maximum Gasteiger partial charge on any atom is 0.157 e. The molecule has 5 heteroatoms. The zero-order valence-electron chi connectivity index (χ0n) is 12.6. The van der Waals surface area contributed by atoms with E-state index in [2.05, 4.69) is 0 Å². The third kappa shape index (κ3) is 12.6. The van der Waals surface area contributed by atoms with Crippen molar-refractivity contribution in [3.05, 3.63) is 0 Å². The molecule has 0 aromatic carbocycles. The molecule has 19 heavy (non-hydrogen) atoms. The molecule has 1 N–H and O–H groups in total. The predicted molar refractivity (Wildman–Crippen MR) is 74.0 cm³/mol. The molecule has 0 amide bonds. The maximum atomic E-state index is 8.47. The van der Waals surface area contributed by atoms with Gasteiger partial charge in [0.15, 0.2) is 12.6 Å². The molecule has 1 aliphatic heterocycles. The number of aliphatic hydroxyl groups excluding tert-OH is 1. The number of hydrogen-bond acceptors (Lipinski definition) is 5. The van der Waals surface area contributed by atoms with Crippen LogP contribution in [-0.4, -0.2) is 50.7 Å². The standard InChI is InChI=1S/C8H16O3.C6H14O2/c9-5-1-2-6-10-8-4-3-7-11-8;1-4-7-6(3)8-5-2/h8-9H,1-7H2;6H,4-5H2,1-3H3. The van der Waals surface area contributed by atoms with E-state index in [0.717, 1.165) is 45.5 Å². The van der Waals surface area contributed by atoms with Crippen LogP contribution in [0.3, 0.4) is 0 Å². The molecule has 1 fully saturated rings. The monoisotopic (exact) mass is 278 g/mol. The van der Waals surface area contributed by atoms with Crippen LogP contribution in [0.1, 0.15) is 46.5 Å². The molecule has 0 saturated carbocycles. The van der Waals surface area contributed by atoms with Crippen LogP contribution < -0.4 is 0 Å².